The molecule has 3 aromatic rings. The standard InChI is InChI=1S/C19H17FN6O2/c20-17-8-22-18-15(14-5-13(14)11-1-3-21-4-2-11)6-16(25-26(17)18)12-7-23-19(27)24-10-28-9-12/h1-4,6-8,13-14H,5,9-10H2,(H2,23,24,27)/b12-7+/t13-,14+/m1/s1. The number of pyridine rings is 1. The molecule has 2 N–H and O–H groups in total. The Morgan fingerprint density at radius 1 is 1.25 bits per heavy atom. The molecule has 28 heavy (non-hydrogen) atoms. The van der Waals surface area contributed by atoms with Crippen molar-refractivity contribution >= 4 is 17.3 Å². The monoisotopic (exact) mass is 380 g/mol. The van der Waals surface area contributed by atoms with Gasteiger partial charge in [0.15, 0.2) is 5.65 Å². The number of ether oxygens (including phenoxy) is 1. The minimum atomic E-state index is -0.530. The third-order valence-electron chi connectivity index (χ3n) is 5.08. The molecular weight excluding hydrogens is 363 g/mol. The van der Waals surface area contributed by atoms with Crippen LogP contribution in [0.2, 0.25) is 0 Å². The second kappa shape index (κ2) is 6.68. The van der Waals surface area contributed by atoms with Crippen LogP contribution in [0.3, 0.4) is 0 Å². The molecule has 0 radical (unpaired) electrons. The molecule has 0 saturated heterocycles. The number of nitrogens with zero attached hydrogens (tertiary/aromatic N) is 4. The molecule has 3 aromatic heterocycles. The fourth-order valence-electron chi connectivity index (χ4n) is 3.58. The van der Waals surface area contributed by atoms with Crippen molar-refractivity contribution in [2.24, 2.45) is 0 Å². The Kier molecular flexibility index (Phi) is 4.01. The Hall–Kier alpha value is -3.33. The van der Waals surface area contributed by atoms with Gasteiger partial charge in [0.1, 0.15) is 6.73 Å². The van der Waals surface area contributed by atoms with Gasteiger partial charge < -0.3 is 15.4 Å². The molecule has 1 fully saturated rings. The summed E-state index contributed by atoms with van der Waals surface area (Å²) in [5, 5.41) is 9.54. The van der Waals surface area contributed by atoms with Gasteiger partial charge >= 0.3 is 6.03 Å². The van der Waals surface area contributed by atoms with Crippen molar-refractivity contribution in [1.82, 2.24) is 30.2 Å². The summed E-state index contributed by atoms with van der Waals surface area (Å²) in [5.41, 5.74) is 3.86. The highest BCUT2D eigenvalue weighted by molar-refractivity contribution is 5.78. The van der Waals surface area contributed by atoms with Gasteiger partial charge in [0.05, 0.1) is 18.5 Å². The van der Waals surface area contributed by atoms with Crippen LogP contribution in [0.15, 0.2) is 43.0 Å². The summed E-state index contributed by atoms with van der Waals surface area (Å²) in [6.45, 7) is 0.324. The molecule has 1 saturated carbocycles. The Bertz CT molecular complexity index is 1080. The number of carbonyl (C=O) groups excluding carboxylic acids is 1. The number of rotatable bonds is 3. The van der Waals surface area contributed by atoms with E-state index in [1.807, 2.05) is 18.2 Å². The zero-order chi connectivity index (χ0) is 19.1. The third kappa shape index (κ3) is 2.99. The molecule has 0 aromatic carbocycles. The summed E-state index contributed by atoms with van der Waals surface area (Å²) in [7, 11) is 0. The van der Waals surface area contributed by atoms with Gasteiger partial charge in [0.2, 0.25) is 5.95 Å². The van der Waals surface area contributed by atoms with Crippen LogP contribution >= 0.6 is 0 Å². The van der Waals surface area contributed by atoms with Crippen molar-refractivity contribution in [3.8, 4) is 0 Å². The van der Waals surface area contributed by atoms with Crippen LogP contribution < -0.4 is 10.6 Å². The first-order valence-electron chi connectivity index (χ1n) is 8.96. The van der Waals surface area contributed by atoms with E-state index in [0.29, 0.717) is 22.8 Å². The zero-order valence-electron chi connectivity index (χ0n) is 14.8. The molecule has 0 bridgehead atoms. The Balaban J connectivity index is 1.56. The SMILES string of the molecule is O=C1N/C=C(/c2cc([C@H]3C[C@@H]3c3ccncc3)c3ncc(F)n3n2)COCN1. The highest BCUT2D eigenvalue weighted by Gasteiger charge is 2.41. The highest BCUT2D eigenvalue weighted by atomic mass is 19.1. The molecule has 2 aliphatic rings. The predicted molar refractivity (Wildman–Crippen MR) is 97.7 cm³/mol. The Morgan fingerprint density at radius 2 is 2.11 bits per heavy atom. The van der Waals surface area contributed by atoms with Crippen LogP contribution in [0.4, 0.5) is 9.18 Å². The molecule has 2 atom stereocenters. The molecule has 4 heterocycles. The first-order chi connectivity index (χ1) is 13.7. The van der Waals surface area contributed by atoms with E-state index in [-0.39, 0.29) is 25.3 Å². The van der Waals surface area contributed by atoms with Crippen LogP contribution in [-0.2, 0) is 4.74 Å². The smallest absolute Gasteiger partial charge is 0.320 e. The lowest BCUT2D eigenvalue weighted by Gasteiger charge is -2.15. The lowest BCUT2D eigenvalue weighted by molar-refractivity contribution is 0.146. The second-order valence-corrected chi connectivity index (χ2v) is 6.84. The number of amides is 2. The number of nitrogens with one attached hydrogen (secondary N) is 2. The number of hydrogen-bond donors (Lipinski definition) is 2. The van der Waals surface area contributed by atoms with Crippen LogP contribution in [0, 0.1) is 5.95 Å². The molecule has 8 nitrogen and oxygen atoms in total. The summed E-state index contributed by atoms with van der Waals surface area (Å²) < 4.78 is 20.9. The minimum absolute atomic E-state index is 0.0878. The topological polar surface area (TPSA) is 93.4 Å². The number of aromatic nitrogens is 4. The quantitative estimate of drug-likeness (QED) is 0.726. The average molecular weight is 380 g/mol. The van der Waals surface area contributed by atoms with Crippen molar-refractivity contribution in [2.45, 2.75) is 18.3 Å². The first-order valence-corrected chi connectivity index (χ1v) is 8.96. The number of imidazole rings is 1. The van der Waals surface area contributed by atoms with Crippen molar-refractivity contribution < 1.29 is 13.9 Å². The predicted octanol–water partition coefficient (Wildman–Crippen LogP) is 2.16. The van der Waals surface area contributed by atoms with Gasteiger partial charge in [-0.05, 0) is 42.0 Å². The van der Waals surface area contributed by atoms with Crippen LogP contribution in [0.5, 0.6) is 0 Å². The van der Waals surface area contributed by atoms with E-state index in [0.717, 1.165) is 12.0 Å². The van der Waals surface area contributed by atoms with E-state index >= 15 is 0 Å². The van der Waals surface area contributed by atoms with Crippen LogP contribution in [-0.4, -0.2) is 39.0 Å². The van der Waals surface area contributed by atoms with Gasteiger partial charge in [-0.2, -0.15) is 14.0 Å². The largest absolute Gasteiger partial charge is 0.356 e. The second-order valence-electron chi connectivity index (χ2n) is 6.84. The van der Waals surface area contributed by atoms with E-state index in [1.165, 1.54) is 22.5 Å². The van der Waals surface area contributed by atoms with Gasteiger partial charge in [-0.15, -0.1) is 0 Å². The summed E-state index contributed by atoms with van der Waals surface area (Å²) in [4.78, 5) is 19.9. The first kappa shape index (κ1) is 16.8. The summed E-state index contributed by atoms with van der Waals surface area (Å²) >= 11 is 0. The van der Waals surface area contributed by atoms with Gasteiger partial charge in [-0.25, -0.2) is 9.78 Å². The van der Waals surface area contributed by atoms with Crippen LogP contribution in [0.25, 0.3) is 11.2 Å². The number of fused-ring (bicyclic) bond motifs is 1. The molecule has 2 amide bonds. The molecule has 5 rings (SSSR count). The van der Waals surface area contributed by atoms with Gasteiger partial charge in [-0.3, -0.25) is 4.98 Å². The molecule has 1 aliphatic heterocycles. The minimum Gasteiger partial charge on any atom is -0.356 e. The maximum absolute atomic E-state index is 14.3. The number of urea groups is 1. The summed E-state index contributed by atoms with van der Waals surface area (Å²) in [6.07, 6.45) is 7.22. The van der Waals surface area contributed by atoms with Crippen molar-refractivity contribution in [3.05, 3.63) is 65.8 Å². The van der Waals surface area contributed by atoms with E-state index in [4.69, 9.17) is 4.74 Å². The summed E-state index contributed by atoms with van der Waals surface area (Å²) in [5.74, 6) is 0.0327. The molecule has 0 spiro atoms. The fraction of sp³-hybridized carbons (Fsp3) is 0.263. The normalized spacial score (nSPS) is 23.9. The van der Waals surface area contributed by atoms with Gasteiger partial charge in [-0.1, -0.05) is 0 Å². The zero-order valence-corrected chi connectivity index (χ0v) is 14.8. The Morgan fingerprint density at radius 3 is 2.96 bits per heavy atom. The lowest BCUT2D eigenvalue weighted by atomic mass is 10.0. The van der Waals surface area contributed by atoms with Crippen molar-refractivity contribution in [3.63, 3.8) is 0 Å². The molecule has 1 aliphatic carbocycles. The fourth-order valence-corrected chi connectivity index (χ4v) is 3.58. The lowest BCUT2D eigenvalue weighted by Crippen LogP contribution is -2.36. The molecule has 142 valence electrons. The number of hydrogen-bond acceptors (Lipinski definition) is 5. The van der Waals surface area contributed by atoms with E-state index in [9.17, 15) is 9.18 Å². The van der Waals surface area contributed by atoms with Gasteiger partial charge in [0, 0.05) is 29.7 Å². The third-order valence-corrected chi connectivity index (χ3v) is 5.08. The molecule has 0 unspecified atom stereocenters. The van der Waals surface area contributed by atoms with Gasteiger partial charge in [0.25, 0.3) is 0 Å². The Labute approximate surface area is 159 Å². The van der Waals surface area contributed by atoms with Crippen molar-refractivity contribution in [2.75, 3.05) is 13.3 Å². The maximum Gasteiger partial charge on any atom is 0.320 e. The summed E-state index contributed by atoms with van der Waals surface area (Å²) in [6, 6.07) is 5.56. The number of halogens is 1. The number of carbonyl (C=O) groups is 1. The van der Waals surface area contributed by atoms with E-state index in [2.05, 4.69) is 25.7 Å². The molecule has 9 heteroatoms. The molecular formula is C19H17FN6O2. The van der Waals surface area contributed by atoms with Crippen LogP contribution in [0.1, 0.15) is 35.1 Å². The average Bonchev–Trinajstić information content (AvgIpc) is 3.42. The van der Waals surface area contributed by atoms with Crippen molar-refractivity contribution in [1.29, 1.82) is 0 Å². The maximum atomic E-state index is 14.3. The van der Waals surface area contributed by atoms with E-state index < -0.39 is 5.95 Å². The van der Waals surface area contributed by atoms with E-state index in [1.54, 1.807) is 12.4 Å². The highest BCUT2D eigenvalue weighted by Crippen LogP contribution is 2.55.